The summed E-state index contributed by atoms with van der Waals surface area (Å²) in [6.45, 7) is -1.15. The summed E-state index contributed by atoms with van der Waals surface area (Å²) in [4.78, 5) is 30.2. The normalized spacial score (nSPS) is 20.8. The van der Waals surface area contributed by atoms with Crippen LogP contribution in [0.15, 0.2) is 0 Å². The molecule has 108 valence electrons. The largest absolute Gasteiger partial charge is 0.790 e. The molecule has 5 N–H and O–H groups in total. The van der Waals surface area contributed by atoms with Crippen molar-refractivity contribution in [3.8, 4) is 0 Å². The molecule has 0 rings (SSSR count). The minimum absolute atomic E-state index is 0.118. The highest BCUT2D eigenvalue weighted by atomic mass is 31.2. The summed E-state index contributed by atoms with van der Waals surface area (Å²) in [6, 6.07) is 0. The van der Waals surface area contributed by atoms with Gasteiger partial charge in [-0.1, -0.05) is 0 Å². The second-order valence-electron chi connectivity index (χ2n) is 3.41. The molecule has 0 spiro atoms. The number of hydrogen-bond acceptors (Lipinski definition) is 10. The third kappa shape index (κ3) is 5.96. The lowest BCUT2D eigenvalue weighted by Gasteiger charge is -2.32. The Kier molecular flexibility index (Phi) is 7.07. The van der Waals surface area contributed by atoms with Crippen molar-refractivity contribution >= 4 is 14.1 Å². The Morgan fingerprint density at radius 1 is 1.06 bits per heavy atom. The topological polar surface area (TPSA) is 191 Å². The van der Waals surface area contributed by atoms with Gasteiger partial charge in [0, 0.05) is 0 Å². The fourth-order valence-corrected chi connectivity index (χ4v) is 1.31. The minimum atomic E-state index is -5.36. The summed E-state index contributed by atoms with van der Waals surface area (Å²) in [5.74, 6) is 0. The van der Waals surface area contributed by atoms with Crippen LogP contribution < -0.4 is 9.79 Å². The Labute approximate surface area is 101 Å². The van der Waals surface area contributed by atoms with Crippen molar-refractivity contribution in [2.24, 2.45) is 0 Å². The minimum Gasteiger partial charge on any atom is -0.790 e. The first-order chi connectivity index (χ1) is 8.10. The molecule has 11 heteroatoms. The van der Waals surface area contributed by atoms with Crippen LogP contribution in [-0.2, 0) is 13.9 Å². The number of carbonyl (C=O) groups excluding carboxylic acids is 1. The van der Waals surface area contributed by atoms with Gasteiger partial charge >= 0.3 is 0 Å². The predicted octanol–water partition coefficient (Wildman–Crippen LogP) is -5.16. The number of aliphatic hydroxyl groups is 5. The summed E-state index contributed by atoms with van der Waals surface area (Å²) in [5.41, 5.74) is 0. The highest BCUT2D eigenvalue weighted by Crippen LogP contribution is 2.25. The molecule has 0 aromatic carbocycles. The Bertz CT molecular complexity index is 303. The SMILES string of the molecule is O=C[C@@H](O)[C@@H](O)[C@H](O)[C@H](O)[C@H](O)COP(=O)([O-])[O-]. The zero-order valence-corrected chi connectivity index (χ0v) is 9.79. The maximum atomic E-state index is 10.1. The molecule has 0 aliphatic carbocycles. The van der Waals surface area contributed by atoms with Crippen molar-refractivity contribution in [3.05, 3.63) is 0 Å². The number of hydrogen-bond donors (Lipinski definition) is 5. The Hall–Kier alpha value is -0.420. The first kappa shape index (κ1) is 17.6. The van der Waals surface area contributed by atoms with Gasteiger partial charge in [0.05, 0.1) is 14.4 Å². The zero-order chi connectivity index (χ0) is 14.5. The van der Waals surface area contributed by atoms with Crippen molar-refractivity contribution in [1.29, 1.82) is 0 Å². The van der Waals surface area contributed by atoms with Crippen molar-refractivity contribution in [3.63, 3.8) is 0 Å². The molecule has 0 aromatic rings. The monoisotopic (exact) mass is 288 g/mol. The molecule has 0 saturated heterocycles. The first-order valence-corrected chi connectivity index (χ1v) is 6.08. The average molecular weight is 288 g/mol. The second-order valence-corrected chi connectivity index (χ2v) is 4.56. The van der Waals surface area contributed by atoms with Crippen LogP contribution in [0.1, 0.15) is 0 Å². The molecule has 5 atom stereocenters. The van der Waals surface area contributed by atoms with E-state index in [1.54, 1.807) is 0 Å². The fourth-order valence-electron chi connectivity index (χ4n) is 0.978. The van der Waals surface area contributed by atoms with Gasteiger partial charge in [-0.3, -0.25) is 0 Å². The molecule has 0 aliphatic heterocycles. The summed E-state index contributed by atoms with van der Waals surface area (Å²) >= 11 is 0. The number of phosphoric acid groups is 1. The van der Waals surface area contributed by atoms with E-state index in [2.05, 4.69) is 4.52 Å². The summed E-state index contributed by atoms with van der Waals surface area (Å²) in [6.07, 6.45) is -10.5. The van der Waals surface area contributed by atoms with Gasteiger partial charge in [-0.2, -0.15) is 0 Å². The predicted molar refractivity (Wildman–Crippen MR) is 49.7 cm³/mol. The van der Waals surface area contributed by atoms with E-state index in [1.165, 1.54) is 0 Å². The summed E-state index contributed by atoms with van der Waals surface area (Å²) in [5, 5.41) is 45.6. The van der Waals surface area contributed by atoms with Gasteiger partial charge < -0.3 is 49.2 Å². The molecule has 0 saturated carbocycles. The maximum absolute atomic E-state index is 10.1. The van der Waals surface area contributed by atoms with Crippen LogP contribution in [0.4, 0.5) is 0 Å². The molecule has 0 heterocycles. The van der Waals surface area contributed by atoms with Crippen LogP contribution in [0.25, 0.3) is 0 Å². The highest BCUT2D eigenvalue weighted by molar-refractivity contribution is 7.43. The molecular weight excluding hydrogens is 275 g/mol. The van der Waals surface area contributed by atoms with E-state index in [1.807, 2.05) is 0 Å². The second kappa shape index (κ2) is 7.24. The van der Waals surface area contributed by atoms with Crippen LogP contribution in [-0.4, -0.2) is 68.9 Å². The Balaban J connectivity index is 4.40. The van der Waals surface area contributed by atoms with Crippen molar-refractivity contribution in [2.75, 3.05) is 6.61 Å². The molecule has 0 bridgehead atoms. The standard InChI is InChI=1S/C7H15O10P/c8-1-3(9)5(11)7(13)6(12)4(10)2-17-18(14,15)16/h1,3-7,9-13H,2H2,(H2,14,15,16)/p-2/t3-,4-,5-,6-,7+/m1/s1. The third-order valence-electron chi connectivity index (χ3n) is 1.99. The molecule has 18 heavy (non-hydrogen) atoms. The number of carbonyl (C=O) groups is 1. The fraction of sp³-hybridized carbons (Fsp3) is 0.857. The number of phosphoric ester groups is 1. The van der Waals surface area contributed by atoms with Crippen LogP contribution in [0.2, 0.25) is 0 Å². The van der Waals surface area contributed by atoms with E-state index in [9.17, 15) is 29.4 Å². The van der Waals surface area contributed by atoms with E-state index in [0.29, 0.717) is 0 Å². The Morgan fingerprint density at radius 3 is 1.94 bits per heavy atom. The smallest absolute Gasteiger partial charge is 0.151 e. The van der Waals surface area contributed by atoms with Gasteiger partial charge in [0.1, 0.15) is 30.5 Å². The number of rotatable bonds is 8. The molecule has 0 aromatic heterocycles. The van der Waals surface area contributed by atoms with Crippen LogP contribution in [0, 0.1) is 0 Å². The lowest BCUT2D eigenvalue weighted by molar-refractivity contribution is -0.343. The first-order valence-electron chi connectivity index (χ1n) is 4.62. The summed E-state index contributed by atoms with van der Waals surface area (Å²) in [7, 11) is -5.36. The van der Waals surface area contributed by atoms with E-state index >= 15 is 0 Å². The third-order valence-corrected chi connectivity index (χ3v) is 2.45. The lowest BCUT2D eigenvalue weighted by atomic mass is 10.0. The van der Waals surface area contributed by atoms with Crippen molar-refractivity contribution < 1.29 is 49.2 Å². The van der Waals surface area contributed by atoms with Gasteiger partial charge in [0.25, 0.3) is 0 Å². The van der Waals surface area contributed by atoms with Gasteiger partial charge in [-0.05, 0) is 0 Å². The van der Waals surface area contributed by atoms with Crippen LogP contribution in [0.3, 0.4) is 0 Å². The molecule has 0 fully saturated rings. The van der Waals surface area contributed by atoms with Crippen molar-refractivity contribution in [1.82, 2.24) is 0 Å². The quantitative estimate of drug-likeness (QED) is 0.213. The molecule has 0 radical (unpaired) electrons. The van der Waals surface area contributed by atoms with Gasteiger partial charge in [0.2, 0.25) is 0 Å². The molecule has 10 nitrogen and oxygen atoms in total. The number of aldehydes is 1. The highest BCUT2D eigenvalue weighted by Gasteiger charge is 2.34. The van der Waals surface area contributed by atoms with Gasteiger partial charge in [-0.25, -0.2) is 0 Å². The van der Waals surface area contributed by atoms with Crippen LogP contribution >= 0.6 is 7.82 Å². The van der Waals surface area contributed by atoms with Crippen molar-refractivity contribution in [2.45, 2.75) is 30.5 Å². The van der Waals surface area contributed by atoms with Gasteiger partial charge in [0.15, 0.2) is 6.29 Å². The lowest BCUT2D eigenvalue weighted by Crippen LogP contribution is -2.50. The molecule has 0 aliphatic rings. The van der Waals surface area contributed by atoms with Gasteiger partial charge in [-0.15, -0.1) is 0 Å². The van der Waals surface area contributed by atoms with E-state index in [0.717, 1.165) is 0 Å². The summed E-state index contributed by atoms with van der Waals surface area (Å²) < 4.78 is 13.7. The zero-order valence-electron chi connectivity index (χ0n) is 8.90. The number of aliphatic hydroxyl groups excluding tert-OH is 5. The molecule has 0 unspecified atom stereocenters. The average Bonchev–Trinajstić information content (AvgIpc) is 2.31. The van der Waals surface area contributed by atoms with E-state index in [-0.39, 0.29) is 6.29 Å². The maximum Gasteiger partial charge on any atom is 0.151 e. The Morgan fingerprint density at radius 2 is 1.56 bits per heavy atom. The van der Waals surface area contributed by atoms with E-state index in [4.69, 9.17) is 15.3 Å². The van der Waals surface area contributed by atoms with E-state index < -0.39 is 44.9 Å². The van der Waals surface area contributed by atoms with Crippen LogP contribution in [0.5, 0.6) is 0 Å². The molecular formula is C7H13O10P-2. The molecule has 0 amide bonds.